The Kier molecular flexibility index (Phi) is 3.42. The standard InChI is InChI=1S/C11H15N3O2S/c1-7-11(16)14(8(2)10(15)13-7)5-3-9-12-4-6-17-9/h4,6-8H,3,5H2,1-2H3,(H,13,15). The van der Waals surface area contributed by atoms with Gasteiger partial charge in [0, 0.05) is 24.5 Å². The average Bonchev–Trinajstić information content (AvgIpc) is 2.79. The Morgan fingerprint density at radius 2 is 2.24 bits per heavy atom. The Hall–Kier alpha value is -1.43. The Balaban J connectivity index is 2.02. The fourth-order valence-electron chi connectivity index (χ4n) is 1.87. The number of nitrogens with zero attached hydrogens (tertiary/aromatic N) is 2. The topological polar surface area (TPSA) is 62.3 Å². The van der Waals surface area contributed by atoms with Crippen LogP contribution in [0.2, 0.25) is 0 Å². The summed E-state index contributed by atoms with van der Waals surface area (Å²) in [5.41, 5.74) is 0. The molecule has 0 aromatic carbocycles. The maximum Gasteiger partial charge on any atom is 0.245 e. The van der Waals surface area contributed by atoms with Gasteiger partial charge in [0.2, 0.25) is 11.8 Å². The van der Waals surface area contributed by atoms with E-state index in [1.165, 1.54) is 0 Å². The minimum Gasteiger partial charge on any atom is -0.343 e. The van der Waals surface area contributed by atoms with Crippen LogP contribution in [0.1, 0.15) is 18.9 Å². The number of piperazine rings is 1. The van der Waals surface area contributed by atoms with Crippen LogP contribution in [0.3, 0.4) is 0 Å². The van der Waals surface area contributed by atoms with Crippen molar-refractivity contribution in [2.45, 2.75) is 32.4 Å². The molecule has 0 radical (unpaired) electrons. The number of nitrogens with one attached hydrogen (secondary N) is 1. The van der Waals surface area contributed by atoms with Gasteiger partial charge in [-0.05, 0) is 13.8 Å². The van der Waals surface area contributed by atoms with Crippen LogP contribution in [0.4, 0.5) is 0 Å². The van der Waals surface area contributed by atoms with E-state index in [0.717, 1.165) is 5.01 Å². The molecule has 5 nitrogen and oxygen atoms in total. The molecule has 17 heavy (non-hydrogen) atoms. The van der Waals surface area contributed by atoms with E-state index >= 15 is 0 Å². The van der Waals surface area contributed by atoms with E-state index in [1.807, 2.05) is 5.38 Å². The molecule has 0 spiro atoms. The quantitative estimate of drug-likeness (QED) is 0.849. The number of thiazole rings is 1. The lowest BCUT2D eigenvalue weighted by molar-refractivity contribution is -0.148. The summed E-state index contributed by atoms with van der Waals surface area (Å²) < 4.78 is 0. The van der Waals surface area contributed by atoms with Gasteiger partial charge in [-0.15, -0.1) is 11.3 Å². The summed E-state index contributed by atoms with van der Waals surface area (Å²) in [7, 11) is 0. The van der Waals surface area contributed by atoms with Crippen molar-refractivity contribution >= 4 is 23.2 Å². The molecule has 0 bridgehead atoms. The minimum absolute atomic E-state index is 0.0198. The zero-order chi connectivity index (χ0) is 12.4. The van der Waals surface area contributed by atoms with Gasteiger partial charge in [0.15, 0.2) is 0 Å². The first-order valence-corrected chi connectivity index (χ1v) is 6.47. The van der Waals surface area contributed by atoms with Gasteiger partial charge in [0.1, 0.15) is 12.1 Å². The lowest BCUT2D eigenvalue weighted by Gasteiger charge is -2.35. The molecule has 1 aliphatic heterocycles. The van der Waals surface area contributed by atoms with Gasteiger partial charge in [-0.2, -0.15) is 0 Å². The molecular formula is C11H15N3O2S. The molecule has 2 atom stereocenters. The molecule has 2 heterocycles. The molecule has 1 aromatic rings. The van der Waals surface area contributed by atoms with Crippen molar-refractivity contribution in [1.29, 1.82) is 0 Å². The SMILES string of the molecule is CC1NC(=O)C(C)N(CCc2nccs2)C1=O. The van der Waals surface area contributed by atoms with E-state index in [4.69, 9.17) is 0 Å². The van der Waals surface area contributed by atoms with Crippen LogP contribution in [-0.2, 0) is 16.0 Å². The molecular weight excluding hydrogens is 238 g/mol. The first-order chi connectivity index (χ1) is 8.09. The molecule has 1 saturated heterocycles. The lowest BCUT2D eigenvalue weighted by atomic mass is 10.1. The number of hydrogen-bond acceptors (Lipinski definition) is 4. The van der Waals surface area contributed by atoms with E-state index < -0.39 is 12.1 Å². The summed E-state index contributed by atoms with van der Waals surface area (Å²) in [5, 5.41) is 5.56. The Morgan fingerprint density at radius 1 is 1.47 bits per heavy atom. The molecule has 2 unspecified atom stereocenters. The van der Waals surface area contributed by atoms with E-state index in [2.05, 4.69) is 10.3 Å². The second-order valence-corrected chi connectivity index (χ2v) is 5.09. The highest BCUT2D eigenvalue weighted by molar-refractivity contribution is 7.09. The van der Waals surface area contributed by atoms with Gasteiger partial charge >= 0.3 is 0 Å². The average molecular weight is 253 g/mol. The number of carbonyl (C=O) groups is 2. The lowest BCUT2D eigenvalue weighted by Crippen LogP contribution is -2.61. The first-order valence-electron chi connectivity index (χ1n) is 5.59. The molecule has 2 amide bonds. The summed E-state index contributed by atoms with van der Waals surface area (Å²) in [6.45, 7) is 4.01. The van der Waals surface area contributed by atoms with Crippen LogP contribution in [0, 0.1) is 0 Å². The van der Waals surface area contributed by atoms with Crippen LogP contribution in [0.25, 0.3) is 0 Å². The van der Waals surface area contributed by atoms with Crippen molar-refractivity contribution in [2.24, 2.45) is 0 Å². The molecule has 6 heteroatoms. The van der Waals surface area contributed by atoms with E-state index in [-0.39, 0.29) is 11.8 Å². The van der Waals surface area contributed by atoms with E-state index in [9.17, 15) is 9.59 Å². The Morgan fingerprint density at radius 3 is 2.88 bits per heavy atom. The van der Waals surface area contributed by atoms with Crippen LogP contribution in [0.15, 0.2) is 11.6 Å². The zero-order valence-electron chi connectivity index (χ0n) is 9.84. The monoisotopic (exact) mass is 253 g/mol. The molecule has 1 aromatic heterocycles. The molecule has 2 rings (SSSR count). The zero-order valence-corrected chi connectivity index (χ0v) is 10.7. The highest BCUT2D eigenvalue weighted by atomic mass is 32.1. The predicted octanol–water partition coefficient (Wildman–Crippen LogP) is 0.421. The number of aromatic nitrogens is 1. The second-order valence-electron chi connectivity index (χ2n) is 4.11. The van der Waals surface area contributed by atoms with Crippen LogP contribution < -0.4 is 5.32 Å². The third-order valence-corrected chi connectivity index (χ3v) is 3.75. The Labute approximate surface area is 104 Å². The smallest absolute Gasteiger partial charge is 0.245 e. The van der Waals surface area contributed by atoms with Gasteiger partial charge in [-0.25, -0.2) is 4.98 Å². The molecule has 0 saturated carbocycles. The van der Waals surface area contributed by atoms with Gasteiger partial charge in [-0.3, -0.25) is 9.59 Å². The van der Waals surface area contributed by atoms with E-state index in [0.29, 0.717) is 13.0 Å². The molecule has 1 aliphatic rings. The normalized spacial score (nSPS) is 24.9. The third kappa shape index (κ3) is 2.46. The predicted molar refractivity (Wildman–Crippen MR) is 64.6 cm³/mol. The molecule has 1 fully saturated rings. The summed E-state index contributed by atoms with van der Waals surface area (Å²) in [6, 6.07) is -0.811. The van der Waals surface area contributed by atoms with Crippen molar-refractivity contribution in [2.75, 3.05) is 6.54 Å². The van der Waals surface area contributed by atoms with Crippen molar-refractivity contribution in [3.63, 3.8) is 0 Å². The summed E-state index contributed by atoms with van der Waals surface area (Å²) in [6.07, 6.45) is 2.45. The molecule has 0 aliphatic carbocycles. The summed E-state index contributed by atoms with van der Waals surface area (Å²) in [5.74, 6) is -0.107. The summed E-state index contributed by atoms with van der Waals surface area (Å²) >= 11 is 1.57. The number of amides is 2. The molecule has 92 valence electrons. The fourth-order valence-corrected chi connectivity index (χ4v) is 2.48. The highest BCUT2D eigenvalue weighted by Gasteiger charge is 2.35. The first kappa shape index (κ1) is 12.0. The summed E-state index contributed by atoms with van der Waals surface area (Å²) in [4.78, 5) is 29.3. The van der Waals surface area contributed by atoms with Crippen LogP contribution in [-0.4, -0.2) is 40.3 Å². The van der Waals surface area contributed by atoms with Crippen molar-refractivity contribution in [3.8, 4) is 0 Å². The van der Waals surface area contributed by atoms with Crippen molar-refractivity contribution in [3.05, 3.63) is 16.6 Å². The second kappa shape index (κ2) is 4.83. The number of carbonyl (C=O) groups excluding carboxylic acids is 2. The number of hydrogen-bond donors (Lipinski definition) is 1. The van der Waals surface area contributed by atoms with Gasteiger partial charge in [0.05, 0.1) is 5.01 Å². The van der Waals surface area contributed by atoms with Crippen LogP contribution in [0.5, 0.6) is 0 Å². The number of rotatable bonds is 3. The molecule has 1 N–H and O–H groups in total. The highest BCUT2D eigenvalue weighted by Crippen LogP contribution is 2.12. The van der Waals surface area contributed by atoms with Gasteiger partial charge in [0.25, 0.3) is 0 Å². The Bertz CT molecular complexity index is 418. The fraction of sp³-hybridized carbons (Fsp3) is 0.545. The van der Waals surface area contributed by atoms with Crippen molar-refractivity contribution in [1.82, 2.24) is 15.2 Å². The largest absolute Gasteiger partial charge is 0.343 e. The maximum atomic E-state index is 11.9. The van der Waals surface area contributed by atoms with Gasteiger partial charge < -0.3 is 10.2 Å². The minimum atomic E-state index is -0.421. The third-order valence-electron chi connectivity index (χ3n) is 2.91. The van der Waals surface area contributed by atoms with Crippen molar-refractivity contribution < 1.29 is 9.59 Å². The van der Waals surface area contributed by atoms with Gasteiger partial charge in [-0.1, -0.05) is 0 Å². The maximum absolute atomic E-state index is 11.9. The van der Waals surface area contributed by atoms with Crippen LogP contribution >= 0.6 is 11.3 Å². The van der Waals surface area contributed by atoms with E-state index in [1.54, 1.807) is 36.3 Å².